The highest BCUT2D eigenvalue weighted by molar-refractivity contribution is 5.17. The Bertz CT molecular complexity index is 356. The average molecular weight is 212 g/mol. The van der Waals surface area contributed by atoms with E-state index < -0.39 is 11.7 Å². The number of hydrogen-bond acceptors (Lipinski definition) is 0. The molecule has 3 heteroatoms. The molecule has 80 valence electrons. The van der Waals surface area contributed by atoms with E-state index in [2.05, 4.69) is 6.58 Å². The Morgan fingerprint density at radius 1 is 1.20 bits per heavy atom. The van der Waals surface area contributed by atoms with Crippen LogP contribution in [0.4, 0.5) is 13.2 Å². The van der Waals surface area contributed by atoms with Gasteiger partial charge in [0, 0.05) is 0 Å². The first kappa shape index (κ1) is 11.6. The summed E-state index contributed by atoms with van der Waals surface area (Å²) >= 11 is 0. The minimum absolute atomic E-state index is 0.0724. The van der Waals surface area contributed by atoms with E-state index in [1.165, 1.54) is 0 Å². The third-order valence-corrected chi connectivity index (χ3v) is 2.06. The second-order valence-electron chi connectivity index (χ2n) is 3.14. The summed E-state index contributed by atoms with van der Waals surface area (Å²) in [6, 6.07) is 9.05. The zero-order chi connectivity index (χ0) is 11.3. The van der Waals surface area contributed by atoms with Gasteiger partial charge in [0.25, 0.3) is 0 Å². The average Bonchev–Trinajstić information content (AvgIpc) is 2.18. The molecule has 0 unspecified atom stereocenters. The van der Waals surface area contributed by atoms with Crippen LogP contribution in [0.25, 0.3) is 0 Å². The van der Waals surface area contributed by atoms with Crippen molar-refractivity contribution in [2.24, 2.45) is 0 Å². The molecule has 0 nitrogen and oxygen atoms in total. The van der Waals surface area contributed by atoms with E-state index in [-0.39, 0.29) is 6.42 Å². The van der Waals surface area contributed by atoms with Gasteiger partial charge in [-0.15, -0.1) is 5.73 Å². The summed E-state index contributed by atoms with van der Waals surface area (Å²) < 4.78 is 36.9. The van der Waals surface area contributed by atoms with Gasteiger partial charge in [-0.1, -0.05) is 36.9 Å². The fourth-order valence-electron chi connectivity index (χ4n) is 1.24. The van der Waals surface area contributed by atoms with Gasteiger partial charge >= 0.3 is 6.18 Å². The minimum Gasteiger partial charge on any atom is -0.166 e. The molecule has 0 aliphatic carbocycles. The Morgan fingerprint density at radius 2 is 1.80 bits per heavy atom. The largest absolute Gasteiger partial charge is 0.419 e. The van der Waals surface area contributed by atoms with Gasteiger partial charge in [-0.05, 0) is 18.4 Å². The standard InChI is InChI=1S/C12H11F3/c1-2-11(12(13,14)15)9-8-10-6-4-3-5-7-10/h3-7H,1,8-9H2. The molecule has 0 amide bonds. The van der Waals surface area contributed by atoms with Gasteiger partial charge in [0.15, 0.2) is 0 Å². The molecular weight excluding hydrogens is 201 g/mol. The molecule has 0 aromatic heterocycles. The summed E-state index contributed by atoms with van der Waals surface area (Å²) in [5.41, 5.74) is 2.15. The van der Waals surface area contributed by atoms with Gasteiger partial charge in [-0.3, -0.25) is 0 Å². The number of aryl methyl sites for hydroxylation is 1. The number of rotatable bonds is 3. The first-order valence-electron chi connectivity index (χ1n) is 4.54. The lowest BCUT2D eigenvalue weighted by atomic mass is 10.1. The highest BCUT2D eigenvalue weighted by Crippen LogP contribution is 2.28. The van der Waals surface area contributed by atoms with Crippen molar-refractivity contribution >= 4 is 0 Å². The van der Waals surface area contributed by atoms with Crippen LogP contribution < -0.4 is 0 Å². The first-order valence-corrected chi connectivity index (χ1v) is 4.54. The zero-order valence-electron chi connectivity index (χ0n) is 8.14. The Hall–Kier alpha value is -1.47. The van der Waals surface area contributed by atoms with Crippen LogP contribution in [-0.4, -0.2) is 6.18 Å². The second kappa shape index (κ2) is 4.85. The molecule has 0 aliphatic rings. The lowest BCUT2D eigenvalue weighted by molar-refractivity contribution is -0.0936. The summed E-state index contributed by atoms with van der Waals surface area (Å²) in [5, 5.41) is 0. The summed E-state index contributed by atoms with van der Waals surface area (Å²) in [5.74, 6) is 0. The quantitative estimate of drug-likeness (QED) is 0.667. The maximum Gasteiger partial charge on any atom is 0.419 e. The molecule has 1 aromatic rings. The number of benzene rings is 1. The van der Waals surface area contributed by atoms with E-state index >= 15 is 0 Å². The summed E-state index contributed by atoms with van der Waals surface area (Å²) in [6.07, 6.45) is -4.02. The minimum atomic E-state index is -4.31. The van der Waals surface area contributed by atoms with E-state index in [0.717, 1.165) is 5.56 Å². The van der Waals surface area contributed by atoms with Gasteiger partial charge in [0.2, 0.25) is 0 Å². The number of alkyl halides is 3. The molecule has 0 fully saturated rings. The Labute approximate surface area is 86.7 Å². The van der Waals surface area contributed by atoms with Crippen LogP contribution in [0, 0.1) is 0 Å². The lowest BCUT2D eigenvalue weighted by Gasteiger charge is -2.08. The van der Waals surface area contributed by atoms with E-state index in [1.807, 2.05) is 11.8 Å². The topological polar surface area (TPSA) is 0 Å². The molecule has 15 heavy (non-hydrogen) atoms. The van der Waals surface area contributed by atoms with Crippen molar-refractivity contribution in [3.8, 4) is 0 Å². The van der Waals surface area contributed by atoms with Crippen molar-refractivity contribution in [1.29, 1.82) is 0 Å². The molecule has 0 saturated carbocycles. The molecule has 0 saturated heterocycles. The zero-order valence-corrected chi connectivity index (χ0v) is 8.14. The molecule has 0 heterocycles. The van der Waals surface area contributed by atoms with Gasteiger partial charge in [-0.25, -0.2) is 0 Å². The predicted molar refractivity (Wildman–Crippen MR) is 53.5 cm³/mol. The van der Waals surface area contributed by atoms with Gasteiger partial charge < -0.3 is 0 Å². The van der Waals surface area contributed by atoms with Crippen LogP contribution in [0.2, 0.25) is 0 Å². The van der Waals surface area contributed by atoms with Gasteiger partial charge in [0.05, 0.1) is 5.57 Å². The first-order chi connectivity index (χ1) is 7.04. The van der Waals surface area contributed by atoms with Crippen LogP contribution in [0.15, 0.2) is 48.2 Å². The van der Waals surface area contributed by atoms with Crippen LogP contribution in [0.1, 0.15) is 12.0 Å². The Morgan fingerprint density at radius 3 is 2.27 bits per heavy atom. The van der Waals surface area contributed by atoms with Gasteiger partial charge in [-0.2, -0.15) is 13.2 Å². The van der Waals surface area contributed by atoms with E-state index in [1.54, 1.807) is 24.3 Å². The highest BCUT2D eigenvalue weighted by atomic mass is 19.4. The van der Waals surface area contributed by atoms with E-state index in [0.29, 0.717) is 6.42 Å². The van der Waals surface area contributed by atoms with E-state index in [4.69, 9.17) is 0 Å². The summed E-state index contributed by atoms with van der Waals surface area (Å²) in [7, 11) is 0. The second-order valence-corrected chi connectivity index (χ2v) is 3.14. The molecule has 0 aliphatic heterocycles. The van der Waals surface area contributed by atoms with Crippen LogP contribution >= 0.6 is 0 Å². The van der Waals surface area contributed by atoms with Crippen molar-refractivity contribution in [3.63, 3.8) is 0 Å². The van der Waals surface area contributed by atoms with Crippen LogP contribution in [0.3, 0.4) is 0 Å². The molecule has 1 aromatic carbocycles. The van der Waals surface area contributed by atoms with E-state index in [9.17, 15) is 13.2 Å². The third-order valence-electron chi connectivity index (χ3n) is 2.06. The molecule has 0 bridgehead atoms. The molecular formula is C12H11F3. The van der Waals surface area contributed by atoms with Crippen molar-refractivity contribution in [2.45, 2.75) is 19.0 Å². The molecule has 1 rings (SSSR count). The van der Waals surface area contributed by atoms with Gasteiger partial charge in [0.1, 0.15) is 0 Å². The van der Waals surface area contributed by atoms with Crippen LogP contribution in [-0.2, 0) is 6.42 Å². The SMILES string of the molecule is C=C=C(CCc1ccccc1)C(F)(F)F. The third kappa shape index (κ3) is 3.64. The number of hydrogen-bond donors (Lipinski definition) is 0. The van der Waals surface area contributed by atoms with Crippen molar-refractivity contribution in [1.82, 2.24) is 0 Å². The Balaban J connectivity index is 2.61. The van der Waals surface area contributed by atoms with Crippen molar-refractivity contribution in [2.75, 3.05) is 0 Å². The van der Waals surface area contributed by atoms with Crippen LogP contribution in [0.5, 0.6) is 0 Å². The lowest BCUT2D eigenvalue weighted by Crippen LogP contribution is -2.11. The van der Waals surface area contributed by atoms with Crippen molar-refractivity contribution < 1.29 is 13.2 Å². The molecule has 0 radical (unpaired) electrons. The fourth-order valence-corrected chi connectivity index (χ4v) is 1.24. The molecule has 0 atom stereocenters. The number of halogens is 3. The summed E-state index contributed by atoms with van der Waals surface area (Å²) in [6.45, 7) is 3.06. The normalized spacial score (nSPS) is 10.9. The smallest absolute Gasteiger partial charge is 0.166 e. The monoisotopic (exact) mass is 212 g/mol. The maximum atomic E-state index is 12.3. The highest BCUT2D eigenvalue weighted by Gasteiger charge is 2.32. The molecule has 0 spiro atoms. The number of allylic oxidation sites excluding steroid dienone is 1. The fraction of sp³-hybridized carbons (Fsp3) is 0.250. The summed E-state index contributed by atoms with van der Waals surface area (Å²) in [4.78, 5) is 0. The molecule has 0 N–H and O–H groups in total. The van der Waals surface area contributed by atoms with Crippen molar-refractivity contribution in [3.05, 3.63) is 53.8 Å². The maximum absolute atomic E-state index is 12.3. The Kier molecular flexibility index (Phi) is 3.75. The predicted octanol–water partition coefficient (Wildman–Crippen LogP) is 3.89.